The number of nitrogens with one attached hydrogen (secondary N) is 2. The number of rotatable bonds is 9. The summed E-state index contributed by atoms with van der Waals surface area (Å²) in [5.41, 5.74) is 1.36. The Kier molecular flexibility index (Phi) is 10.0. The number of halogens is 6. The molecule has 3 rings (SSSR count). The molecule has 0 bridgehead atoms. The molecular weight excluding hydrogens is 602 g/mol. The highest BCUT2D eigenvalue weighted by atomic mass is 32.2. The van der Waals surface area contributed by atoms with Crippen molar-refractivity contribution in [1.82, 2.24) is 14.9 Å². The van der Waals surface area contributed by atoms with E-state index in [4.69, 9.17) is 0 Å². The molecule has 234 valence electrons. The number of alkyl halides is 6. The van der Waals surface area contributed by atoms with Crippen LogP contribution in [0.15, 0.2) is 71.5 Å². The molecule has 1 unspecified atom stereocenters. The second kappa shape index (κ2) is 12.8. The van der Waals surface area contributed by atoms with Crippen LogP contribution in [0.1, 0.15) is 43.5 Å². The Morgan fingerprint density at radius 2 is 1.67 bits per heavy atom. The fraction of sp³-hybridized carbons (Fsp3) is 0.357. The molecule has 15 heteroatoms. The van der Waals surface area contributed by atoms with E-state index in [2.05, 4.69) is 5.32 Å². The van der Waals surface area contributed by atoms with Crippen LogP contribution >= 0.6 is 0 Å². The summed E-state index contributed by atoms with van der Waals surface area (Å²) in [6, 6.07) is 8.75. The maximum absolute atomic E-state index is 14.0. The van der Waals surface area contributed by atoms with Gasteiger partial charge in [-0.05, 0) is 62.7 Å². The Hall–Kier alpha value is -3.85. The normalized spacial score (nSPS) is 17.0. The Bertz CT molecular complexity index is 1530. The number of carbonyl (C=O) groups is 2. The van der Waals surface area contributed by atoms with Gasteiger partial charge in [-0.2, -0.15) is 26.3 Å². The summed E-state index contributed by atoms with van der Waals surface area (Å²) < 4.78 is 104. The number of urea groups is 1. The molecule has 2 aromatic rings. The van der Waals surface area contributed by atoms with Gasteiger partial charge in [0.05, 0.1) is 17.3 Å². The zero-order valence-corrected chi connectivity index (χ0v) is 24.4. The second-order valence-corrected chi connectivity index (χ2v) is 11.6. The van der Waals surface area contributed by atoms with Gasteiger partial charge in [-0.1, -0.05) is 36.4 Å². The van der Waals surface area contributed by atoms with Gasteiger partial charge in [0.1, 0.15) is 6.54 Å². The maximum Gasteiger partial charge on any atom is 0.416 e. The van der Waals surface area contributed by atoms with Crippen LogP contribution < -0.4 is 14.9 Å². The van der Waals surface area contributed by atoms with E-state index in [1.807, 2.05) is 0 Å². The zero-order chi connectivity index (χ0) is 32.3. The first-order valence-electron chi connectivity index (χ1n) is 12.8. The molecule has 0 saturated carbocycles. The lowest BCUT2D eigenvalue weighted by molar-refractivity contribution is -0.137. The zero-order valence-electron chi connectivity index (χ0n) is 23.6. The van der Waals surface area contributed by atoms with Crippen LogP contribution in [0.3, 0.4) is 0 Å². The topological polar surface area (TPSA) is 98.8 Å². The highest BCUT2D eigenvalue weighted by Crippen LogP contribution is 2.43. The summed E-state index contributed by atoms with van der Waals surface area (Å²) >= 11 is 0. The summed E-state index contributed by atoms with van der Waals surface area (Å²) in [5, 5.41) is 2.99. The van der Waals surface area contributed by atoms with Crippen molar-refractivity contribution in [3.63, 3.8) is 0 Å². The molecule has 2 aromatic carbocycles. The molecule has 2 N–H and O–H groups in total. The molecule has 43 heavy (non-hydrogen) atoms. The van der Waals surface area contributed by atoms with Crippen molar-refractivity contribution in [2.75, 3.05) is 24.2 Å². The highest BCUT2D eigenvalue weighted by molar-refractivity contribution is 7.90. The summed E-state index contributed by atoms with van der Waals surface area (Å²) in [6.45, 7) is 4.38. The summed E-state index contributed by atoms with van der Waals surface area (Å²) in [7, 11) is -3.43. The lowest BCUT2D eigenvalue weighted by Gasteiger charge is -2.44. The Labute approximate surface area is 245 Å². The minimum Gasteiger partial charge on any atom is -0.316 e. The van der Waals surface area contributed by atoms with E-state index in [0.717, 1.165) is 33.6 Å². The van der Waals surface area contributed by atoms with Crippen LogP contribution in [0.25, 0.3) is 0 Å². The van der Waals surface area contributed by atoms with Crippen molar-refractivity contribution in [1.29, 1.82) is 0 Å². The average molecular weight is 633 g/mol. The first-order chi connectivity index (χ1) is 19.9. The van der Waals surface area contributed by atoms with E-state index >= 15 is 0 Å². The van der Waals surface area contributed by atoms with Crippen molar-refractivity contribution in [3.05, 3.63) is 88.1 Å². The van der Waals surface area contributed by atoms with Gasteiger partial charge in [0.2, 0.25) is 10.0 Å². The van der Waals surface area contributed by atoms with Gasteiger partial charge in [0.25, 0.3) is 5.91 Å². The fourth-order valence-corrected chi connectivity index (χ4v) is 5.69. The van der Waals surface area contributed by atoms with E-state index in [9.17, 15) is 44.3 Å². The number of allylic oxidation sites excluding steroid dienone is 2. The number of sulfonamides is 1. The lowest BCUT2D eigenvalue weighted by Crippen LogP contribution is -2.53. The predicted octanol–water partition coefficient (Wildman–Crippen LogP) is 5.66. The SMILES string of the molecule is C/C=C(/C)C1=C(C)N(c2cccc(C(F)(F)F)c2)C(=O)N(CC(=O)NS(=O)(=O)CC(F)(F)F)C1c1ccc(CNC)cc1. The van der Waals surface area contributed by atoms with Gasteiger partial charge in [-0.15, -0.1) is 0 Å². The quantitative estimate of drug-likeness (QED) is 0.348. The van der Waals surface area contributed by atoms with Gasteiger partial charge < -0.3 is 10.2 Å². The molecular formula is C28H30F6N4O4S. The van der Waals surface area contributed by atoms with Crippen molar-refractivity contribution >= 4 is 27.6 Å². The molecule has 0 spiro atoms. The first kappa shape index (κ1) is 33.6. The molecule has 1 aliphatic rings. The van der Waals surface area contributed by atoms with Gasteiger partial charge in [-0.25, -0.2) is 13.2 Å². The lowest BCUT2D eigenvalue weighted by atomic mass is 9.87. The molecule has 8 nitrogen and oxygen atoms in total. The maximum atomic E-state index is 14.0. The van der Waals surface area contributed by atoms with Crippen LogP contribution in [0.2, 0.25) is 0 Å². The number of hydrogen-bond donors (Lipinski definition) is 2. The van der Waals surface area contributed by atoms with Crippen LogP contribution in [0, 0.1) is 0 Å². The molecule has 1 aliphatic heterocycles. The van der Waals surface area contributed by atoms with Gasteiger partial charge >= 0.3 is 18.4 Å². The molecule has 0 saturated heterocycles. The van der Waals surface area contributed by atoms with Crippen LogP contribution in [-0.4, -0.2) is 50.8 Å². The van der Waals surface area contributed by atoms with E-state index in [-0.39, 0.29) is 11.4 Å². The van der Waals surface area contributed by atoms with Crippen molar-refractivity contribution in [2.24, 2.45) is 0 Å². The van der Waals surface area contributed by atoms with Crippen molar-refractivity contribution < 1.29 is 44.3 Å². The van der Waals surface area contributed by atoms with Gasteiger partial charge in [0, 0.05) is 17.8 Å². The number of nitrogens with zero attached hydrogens (tertiary/aromatic N) is 2. The largest absolute Gasteiger partial charge is 0.416 e. The second-order valence-electron chi connectivity index (χ2n) is 9.84. The molecule has 3 amide bonds. The standard InChI is InChI=1S/C28H30F6N4O4S/c1-5-17(2)24-18(3)38(22-8-6-7-21(13-22)28(32,33)34)26(40)37(15-23(39)36-43(41,42)16-27(29,30)31)25(24)20-11-9-19(10-12-20)14-35-4/h5-13,25,35H,14-16H2,1-4H3,(H,36,39)/b17-5-. The Morgan fingerprint density at radius 1 is 1.05 bits per heavy atom. The van der Waals surface area contributed by atoms with E-state index < -0.39 is 58.2 Å². The number of hydrogen-bond acceptors (Lipinski definition) is 5. The summed E-state index contributed by atoms with van der Waals surface area (Å²) in [4.78, 5) is 28.8. The number of amides is 3. The smallest absolute Gasteiger partial charge is 0.316 e. The molecule has 0 radical (unpaired) electrons. The molecule has 1 heterocycles. The molecule has 0 aliphatic carbocycles. The number of anilines is 1. The Morgan fingerprint density at radius 3 is 2.21 bits per heavy atom. The van der Waals surface area contributed by atoms with Gasteiger partial charge in [0.15, 0.2) is 5.75 Å². The van der Waals surface area contributed by atoms with E-state index in [0.29, 0.717) is 23.3 Å². The summed E-state index contributed by atoms with van der Waals surface area (Å²) in [5.74, 6) is -3.76. The fourth-order valence-electron chi connectivity index (χ4n) is 4.78. The van der Waals surface area contributed by atoms with Gasteiger partial charge in [-0.3, -0.25) is 14.4 Å². The van der Waals surface area contributed by atoms with E-state index in [1.54, 1.807) is 51.2 Å². The highest BCUT2D eigenvalue weighted by Gasteiger charge is 2.43. The number of benzene rings is 2. The minimum absolute atomic E-state index is 0.184. The third-order valence-corrected chi connectivity index (χ3v) is 7.90. The third-order valence-electron chi connectivity index (χ3n) is 6.65. The molecule has 0 aromatic heterocycles. The average Bonchev–Trinajstić information content (AvgIpc) is 2.88. The number of carbonyl (C=O) groups excluding carboxylic acids is 2. The first-order valence-corrected chi connectivity index (χ1v) is 14.5. The third kappa shape index (κ3) is 8.16. The minimum atomic E-state index is -5.17. The predicted molar refractivity (Wildman–Crippen MR) is 148 cm³/mol. The molecule has 0 fully saturated rings. The van der Waals surface area contributed by atoms with Crippen LogP contribution in [0.5, 0.6) is 0 Å². The monoisotopic (exact) mass is 632 g/mol. The van der Waals surface area contributed by atoms with Crippen LogP contribution in [0.4, 0.5) is 36.8 Å². The summed E-state index contributed by atoms with van der Waals surface area (Å²) in [6.07, 6.45) is -8.19. The Balaban J connectivity index is 2.21. The molecule has 1 atom stereocenters. The van der Waals surface area contributed by atoms with Crippen molar-refractivity contribution in [2.45, 2.75) is 45.7 Å². The van der Waals surface area contributed by atoms with Crippen molar-refractivity contribution in [3.8, 4) is 0 Å². The van der Waals surface area contributed by atoms with Crippen LogP contribution in [-0.2, 0) is 27.5 Å². The van der Waals surface area contributed by atoms with E-state index in [1.165, 1.54) is 17.7 Å².